The van der Waals surface area contributed by atoms with Crippen LogP contribution in [0.3, 0.4) is 0 Å². The molecule has 1 N–H and O–H groups in total. The molecule has 0 bridgehead atoms. The zero-order valence-corrected chi connectivity index (χ0v) is 14.1. The number of ether oxygens (including phenoxy) is 1. The van der Waals surface area contributed by atoms with Crippen molar-refractivity contribution in [3.63, 3.8) is 0 Å². The third kappa shape index (κ3) is 4.18. The molecule has 22 heavy (non-hydrogen) atoms. The molecule has 2 aromatic carbocycles. The number of hydrazone groups is 1. The van der Waals surface area contributed by atoms with E-state index in [9.17, 15) is 4.79 Å². The lowest BCUT2D eigenvalue weighted by Crippen LogP contribution is -2.19. The van der Waals surface area contributed by atoms with E-state index in [-0.39, 0.29) is 5.91 Å². The SMILES string of the molecule is CCC(=NNC(=O)c1ccc(Br)cc1)c1ccc(OC)cc1. The van der Waals surface area contributed by atoms with Crippen molar-refractivity contribution in [3.05, 3.63) is 64.1 Å². The van der Waals surface area contributed by atoms with Crippen LogP contribution in [-0.4, -0.2) is 18.7 Å². The summed E-state index contributed by atoms with van der Waals surface area (Å²) < 4.78 is 6.07. The van der Waals surface area contributed by atoms with Gasteiger partial charge in [0.15, 0.2) is 0 Å². The van der Waals surface area contributed by atoms with E-state index in [2.05, 4.69) is 26.5 Å². The highest BCUT2D eigenvalue weighted by molar-refractivity contribution is 9.10. The van der Waals surface area contributed by atoms with Crippen molar-refractivity contribution >= 4 is 27.5 Å². The largest absolute Gasteiger partial charge is 0.497 e. The van der Waals surface area contributed by atoms with Crippen LogP contribution in [0.25, 0.3) is 0 Å². The van der Waals surface area contributed by atoms with Gasteiger partial charge < -0.3 is 4.74 Å². The first kappa shape index (κ1) is 16.2. The number of halogens is 1. The van der Waals surface area contributed by atoms with Crippen LogP contribution < -0.4 is 10.2 Å². The van der Waals surface area contributed by atoms with Crippen molar-refractivity contribution in [3.8, 4) is 5.75 Å². The molecule has 0 saturated carbocycles. The molecule has 0 saturated heterocycles. The molecular formula is C17H17BrN2O2. The van der Waals surface area contributed by atoms with Crippen LogP contribution in [0.15, 0.2) is 58.1 Å². The Morgan fingerprint density at radius 1 is 1.09 bits per heavy atom. The van der Waals surface area contributed by atoms with Gasteiger partial charge in [-0.25, -0.2) is 5.43 Å². The quantitative estimate of drug-likeness (QED) is 0.646. The fourth-order valence-electron chi connectivity index (χ4n) is 1.92. The predicted octanol–water partition coefficient (Wildman–Crippen LogP) is 4.00. The van der Waals surface area contributed by atoms with Gasteiger partial charge in [0.25, 0.3) is 5.91 Å². The molecule has 1 amide bonds. The molecule has 0 aliphatic rings. The number of hydrogen-bond donors (Lipinski definition) is 1. The number of benzene rings is 2. The molecule has 2 rings (SSSR count). The Balaban J connectivity index is 2.11. The first-order valence-electron chi connectivity index (χ1n) is 6.91. The number of nitrogens with zero attached hydrogens (tertiary/aromatic N) is 1. The monoisotopic (exact) mass is 360 g/mol. The maximum atomic E-state index is 12.1. The summed E-state index contributed by atoms with van der Waals surface area (Å²) in [6, 6.07) is 14.7. The second-order valence-electron chi connectivity index (χ2n) is 4.59. The third-order valence-corrected chi connectivity index (χ3v) is 3.69. The number of methoxy groups -OCH3 is 1. The van der Waals surface area contributed by atoms with Crippen molar-refractivity contribution in [2.45, 2.75) is 13.3 Å². The van der Waals surface area contributed by atoms with E-state index in [0.29, 0.717) is 12.0 Å². The Kier molecular flexibility index (Phi) is 5.72. The van der Waals surface area contributed by atoms with E-state index in [1.54, 1.807) is 19.2 Å². The molecule has 0 aromatic heterocycles. The number of rotatable bonds is 5. The normalized spacial score (nSPS) is 11.1. The van der Waals surface area contributed by atoms with Crippen molar-refractivity contribution in [2.75, 3.05) is 7.11 Å². The summed E-state index contributed by atoms with van der Waals surface area (Å²) in [6.45, 7) is 1.99. The number of hydrogen-bond acceptors (Lipinski definition) is 3. The molecule has 0 fully saturated rings. The van der Waals surface area contributed by atoms with Gasteiger partial charge in [-0.15, -0.1) is 0 Å². The molecule has 0 radical (unpaired) electrons. The highest BCUT2D eigenvalue weighted by Crippen LogP contribution is 2.13. The minimum atomic E-state index is -0.230. The lowest BCUT2D eigenvalue weighted by molar-refractivity contribution is 0.0955. The van der Waals surface area contributed by atoms with E-state index in [1.165, 1.54) is 0 Å². The van der Waals surface area contributed by atoms with Gasteiger partial charge in [-0.05, 0) is 60.5 Å². The molecule has 0 unspecified atom stereocenters. The van der Waals surface area contributed by atoms with Gasteiger partial charge in [0, 0.05) is 10.0 Å². The fraction of sp³-hybridized carbons (Fsp3) is 0.176. The third-order valence-electron chi connectivity index (χ3n) is 3.16. The summed E-state index contributed by atoms with van der Waals surface area (Å²) >= 11 is 3.34. The number of nitrogens with one attached hydrogen (secondary N) is 1. The second kappa shape index (κ2) is 7.75. The predicted molar refractivity (Wildman–Crippen MR) is 91.4 cm³/mol. The van der Waals surface area contributed by atoms with Crippen LogP contribution in [0.5, 0.6) is 5.75 Å². The lowest BCUT2D eigenvalue weighted by atomic mass is 10.1. The molecule has 5 heteroatoms. The van der Waals surface area contributed by atoms with Crippen LogP contribution >= 0.6 is 15.9 Å². The minimum Gasteiger partial charge on any atom is -0.497 e. The van der Waals surface area contributed by atoms with Crippen molar-refractivity contribution in [1.29, 1.82) is 0 Å². The maximum Gasteiger partial charge on any atom is 0.271 e. The summed E-state index contributed by atoms with van der Waals surface area (Å²) in [5, 5.41) is 4.23. The molecule has 0 aliphatic heterocycles. The van der Waals surface area contributed by atoms with Gasteiger partial charge in [-0.3, -0.25) is 4.79 Å². The second-order valence-corrected chi connectivity index (χ2v) is 5.50. The lowest BCUT2D eigenvalue weighted by Gasteiger charge is -2.06. The summed E-state index contributed by atoms with van der Waals surface area (Å²) in [5.41, 5.74) is 4.94. The first-order valence-corrected chi connectivity index (χ1v) is 7.70. The fourth-order valence-corrected chi connectivity index (χ4v) is 2.18. The van der Waals surface area contributed by atoms with Gasteiger partial charge >= 0.3 is 0 Å². The molecule has 2 aromatic rings. The highest BCUT2D eigenvalue weighted by Gasteiger charge is 2.06. The Morgan fingerprint density at radius 3 is 2.23 bits per heavy atom. The van der Waals surface area contributed by atoms with Gasteiger partial charge in [-0.1, -0.05) is 22.9 Å². The average Bonchev–Trinajstić information content (AvgIpc) is 2.56. The van der Waals surface area contributed by atoms with Gasteiger partial charge in [0.1, 0.15) is 5.75 Å². The van der Waals surface area contributed by atoms with Gasteiger partial charge in [0.05, 0.1) is 12.8 Å². The Hall–Kier alpha value is -2.14. The van der Waals surface area contributed by atoms with Gasteiger partial charge in [-0.2, -0.15) is 5.10 Å². The molecule has 114 valence electrons. The zero-order valence-electron chi connectivity index (χ0n) is 12.5. The van der Waals surface area contributed by atoms with Crippen LogP contribution in [0.1, 0.15) is 29.3 Å². The van der Waals surface area contributed by atoms with Crippen LogP contribution in [0.4, 0.5) is 0 Å². The molecule has 0 aliphatic carbocycles. The highest BCUT2D eigenvalue weighted by atomic mass is 79.9. The van der Waals surface area contributed by atoms with Crippen LogP contribution in [0, 0.1) is 0 Å². The first-order chi connectivity index (χ1) is 10.6. The zero-order chi connectivity index (χ0) is 15.9. The minimum absolute atomic E-state index is 0.230. The Morgan fingerprint density at radius 2 is 1.68 bits per heavy atom. The van der Waals surface area contributed by atoms with Crippen LogP contribution in [0.2, 0.25) is 0 Å². The van der Waals surface area contributed by atoms with E-state index >= 15 is 0 Å². The van der Waals surface area contributed by atoms with E-state index < -0.39 is 0 Å². The maximum absolute atomic E-state index is 12.1. The Bertz CT molecular complexity index is 664. The number of amides is 1. The van der Waals surface area contributed by atoms with Crippen molar-refractivity contribution < 1.29 is 9.53 Å². The summed E-state index contributed by atoms with van der Waals surface area (Å²) in [5.74, 6) is 0.560. The molecule has 0 heterocycles. The van der Waals surface area contributed by atoms with Crippen molar-refractivity contribution in [2.24, 2.45) is 5.10 Å². The van der Waals surface area contributed by atoms with Gasteiger partial charge in [0.2, 0.25) is 0 Å². The topological polar surface area (TPSA) is 50.7 Å². The standard InChI is InChI=1S/C17H17BrN2O2/c1-3-16(12-6-10-15(22-2)11-7-12)19-20-17(21)13-4-8-14(18)9-5-13/h4-11H,3H2,1-2H3,(H,20,21). The molecular weight excluding hydrogens is 344 g/mol. The number of carbonyl (C=O) groups is 1. The van der Waals surface area contributed by atoms with E-state index in [4.69, 9.17) is 4.74 Å². The van der Waals surface area contributed by atoms with Crippen molar-refractivity contribution in [1.82, 2.24) is 5.43 Å². The molecule has 4 nitrogen and oxygen atoms in total. The van der Waals surface area contributed by atoms with Crippen LogP contribution in [-0.2, 0) is 0 Å². The van der Waals surface area contributed by atoms with E-state index in [0.717, 1.165) is 21.5 Å². The summed E-state index contributed by atoms with van der Waals surface area (Å²) in [4.78, 5) is 12.1. The Labute approximate surface area is 138 Å². The average molecular weight is 361 g/mol. The van der Waals surface area contributed by atoms with E-state index in [1.807, 2.05) is 43.3 Å². The smallest absolute Gasteiger partial charge is 0.271 e. The molecule has 0 atom stereocenters. The summed E-state index contributed by atoms with van der Waals surface area (Å²) in [7, 11) is 1.63. The number of carbonyl (C=O) groups excluding carboxylic acids is 1. The summed E-state index contributed by atoms with van der Waals surface area (Å²) in [6.07, 6.45) is 0.715. The molecule has 0 spiro atoms.